The molecule has 0 amide bonds. The summed E-state index contributed by atoms with van der Waals surface area (Å²) in [6, 6.07) is 7.47. The number of nitrogens with one attached hydrogen (secondary N) is 1. The first-order valence-electron chi connectivity index (χ1n) is 2.58. The largest absolute Gasteiger partial charge is 0.324 e. The molecular formula is C6H8N2S. The van der Waals surface area contributed by atoms with Gasteiger partial charge in [0.15, 0.2) is 0 Å². The summed E-state index contributed by atoms with van der Waals surface area (Å²) in [5.74, 6) is 5.12. The Morgan fingerprint density at radius 3 is 2.22 bits per heavy atom. The summed E-state index contributed by atoms with van der Waals surface area (Å²) in [5.41, 5.74) is 3.42. The number of benzene rings is 1. The first-order chi connectivity index (χ1) is 4.33. The minimum Gasteiger partial charge on any atom is -0.324 e. The van der Waals surface area contributed by atoms with E-state index < -0.39 is 0 Å². The molecule has 0 aliphatic carbocycles. The van der Waals surface area contributed by atoms with Crippen molar-refractivity contribution in [1.29, 1.82) is 0 Å². The van der Waals surface area contributed by atoms with E-state index in [0.717, 1.165) is 10.6 Å². The lowest BCUT2D eigenvalue weighted by molar-refractivity contribution is 1.33. The van der Waals surface area contributed by atoms with E-state index in [1.807, 2.05) is 24.3 Å². The number of thiol groups is 1. The molecule has 0 radical (unpaired) electrons. The highest BCUT2D eigenvalue weighted by Gasteiger charge is 1.84. The number of nitrogens with two attached hydrogens (primary N) is 1. The van der Waals surface area contributed by atoms with Gasteiger partial charge in [-0.1, -0.05) is 0 Å². The minimum atomic E-state index is 0.896. The van der Waals surface area contributed by atoms with Gasteiger partial charge < -0.3 is 5.43 Å². The number of hydrazine groups is 1. The molecular weight excluding hydrogens is 132 g/mol. The van der Waals surface area contributed by atoms with E-state index in [4.69, 9.17) is 5.84 Å². The Kier molecular flexibility index (Phi) is 1.97. The van der Waals surface area contributed by atoms with Gasteiger partial charge >= 0.3 is 0 Å². The van der Waals surface area contributed by atoms with E-state index in [9.17, 15) is 0 Å². The van der Waals surface area contributed by atoms with Crippen molar-refractivity contribution in [2.24, 2.45) is 5.84 Å². The van der Waals surface area contributed by atoms with Crippen LogP contribution in [0.15, 0.2) is 29.2 Å². The lowest BCUT2D eigenvalue weighted by Gasteiger charge is -1.96. The van der Waals surface area contributed by atoms with Crippen LogP contribution in [0.25, 0.3) is 0 Å². The molecule has 0 atom stereocenters. The maximum atomic E-state index is 5.12. The zero-order valence-electron chi connectivity index (χ0n) is 4.83. The van der Waals surface area contributed by atoms with Gasteiger partial charge in [-0.05, 0) is 24.3 Å². The van der Waals surface area contributed by atoms with Gasteiger partial charge in [-0.2, -0.15) is 0 Å². The van der Waals surface area contributed by atoms with E-state index in [1.54, 1.807) is 0 Å². The normalized spacial score (nSPS) is 9.11. The van der Waals surface area contributed by atoms with Crippen LogP contribution in [0.5, 0.6) is 0 Å². The molecule has 0 unspecified atom stereocenters. The molecule has 2 nitrogen and oxygen atoms in total. The SMILES string of the molecule is NNc1ccc(S)cc1. The number of anilines is 1. The zero-order valence-corrected chi connectivity index (χ0v) is 5.73. The smallest absolute Gasteiger partial charge is 0.0485 e. The van der Waals surface area contributed by atoms with Crippen LogP contribution in [0.4, 0.5) is 5.69 Å². The van der Waals surface area contributed by atoms with Crippen molar-refractivity contribution in [2.45, 2.75) is 4.90 Å². The van der Waals surface area contributed by atoms with Crippen LogP contribution in [0.2, 0.25) is 0 Å². The third-order valence-corrected chi connectivity index (χ3v) is 1.33. The van der Waals surface area contributed by atoms with Crippen LogP contribution in [0, 0.1) is 0 Å². The Balaban J connectivity index is 2.88. The molecule has 0 heterocycles. The van der Waals surface area contributed by atoms with Crippen molar-refractivity contribution < 1.29 is 0 Å². The first kappa shape index (κ1) is 6.45. The first-order valence-corrected chi connectivity index (χ1v) is 3.03. The van der Waals surface area contributed by atoms with Gasteiger partial charge in [0.1, 0.15) is 0 Å². The lowest BCUT2D eigenvalue weighted by atomic mass is 10.3. The van der Waals surface area contributed by atoms with Crippen LogP contribution < -0.4 is 11.3 Å². The fourth-order valence-electron chi connectivity index (χ4n) is 0.558. The summed E-state index contributed by atoms with van der Waals surface area (Å²) in [4.78, 5) is 0.939. The molecule has 0 fully saturated rings. The average Bonchev–Trinajstić information content (AvgIpc) is 1.90. The van der Waals surface area contributed by atoms with Crippen LogP contribution in [-0.2, 0) is 0 Å². The predicted molar refractivity (Wildman–Crippen MR) is 41.5 cm³/mol. The molecule has 3 heteroatoms. The fourth-order valence-corrected chi connectivity index (χ4v) is 0.707. The molecule has 0 aliphatic rings. The Labute approximate surface area is 59.4 Å². The molecule has 1 aromatic carbocycles. The van der Waals surface area contributed by atoms with Crippen molar-refractivity contribution in [3.63, 3.8) is 0 Å². The van der Waals surface area contributed by atoms with Crippen molar-refractivity contribution in [3.05, 3.63) is 24.3 Å². The molecule has 1 aromatic rings. The Bertz CT molecular complexity index is 183. The van der Waals surface area contributed by atoms with Gasteiger partial charge in [-0.25, -0.2) is 0 Å². The zero-order chi connectivity index (χ0) is 6.69. The maximum absolute atomic E-state index is 5.12. The van der Waals surface area contributed by atoms with Gasteiger partial charge in [0, 0.05) is 10.6 Å². The fraction of sp³-hybridized carbons (Fsp3) is 0. The topological polar surface area (TPSA) is 38.0 Å². The highest BCUT2D eigenvalue weighted by atomic mass is 32.1. The monoisotopic (exact) mass is 140 g/mol. The predicted octanol–water partition coefficient (Wildman–Crippen LogP) is 1.26. The van der Waals surface area contributed by atoms with Crippen LogP contribution in [0.3, 0.4) is 0 Å². The minimum absolute atomic E-state index is 0.896. The van der Waals surface area contributed by atoms with Gasteiger partial charge in [-0.3, -0.25) is 5.84 Å². The Hall–Kier alpha value is -0.670. The average molecular weight is 140 g/mol. The number of hydrogen-bond donors (Lipinski definition) is 3. The lowest BCUT2D eigenvalue weighted by Crippen LogP contribution is -2.05. The molecule has 0 bridgehead atoms. The second kappa shape index (κ2) is 2.75. The van der Waals surface area contributed by atoms with Gasteiger partial charge in [0.05, 0.1) is 0 Å². The standard InChI is InChI=1S/C6H8N2S/c7-8-5-1-3-6(9)4-2-5/h1-4,8-9H,7H2. The van der Waals surface area contributed by atoms with E-state index in [1.165, 1.54) is 0 Å². The quantitative estimate of drug-likeness (QED) is 0.312. The molecule has 0 spiro atoms. The van der Waals surface area contributed by atoms with Gasteiger partial charge in [0.25, 0.3) is 0 Å². The number of rotatable bonds is 1. The summed E-state index contributed by atoms with van der Waals surface area (Å²) >= 11 is 4.10. The number of hydrogen-bond acceptors (Lipinski definition) is 3. The van der Waals surface area contributed by atoms with E-state index in [-0.39, 0.29) is 0 Å². The molecule has 1 rings (SSSR count). The molecule has 0 aliphatic heterocycles. The molecule has 9 heavy (non-hydrogen) atoms. The van der Waals surface area contributed by atoms with E-state index in [2.05, 4.69) is 18.1 Å². The van der Waals surface area contributed by atoms with Crippen LogP contribution >= 0.6 is 12.6 Å². The van der Waals surface area contributed by atoms with Gasteiger partial charge in [0.2, 0.25) is 0 Å². The van der Waals surface area contributed by atoms with Crippen molar-refractivity contribution >= 4 is 18.3 Å². The third-order valence-electron chi connectivity index (χ3n) is 1.03. The highest BCUT2D eigenvalue weighted by molar-refractivity contribution is 7.80. The van der Waals surface area contributed by atoms with Crippen molar-refractivity contribution in [2.75, 3.05) is 5.43 Å². The Morgan fingerprint density at radius 1 is 1.22 bits per heavy atom. The van der Waals surface area contributed by atoms with E-state index >= 15 is 0 Å². The number of nitrogen functional groups attached to an aromatic ring is 1. The van der Waals surface area contributed by atoms with Crippen LogP contribution in [0.1, 0.15) is 0 Å². The summed E-state index contributed by atoms with van der Waals surface area (Å²) in [5, 5.41) is 0. The highest BCUT2D eigenvalue weighted by Crippen LogP contribution is 2.09. The Morgan fingerprint density at radius 2 is 1.78 bits per heavy atom. The molecule has 48 valence electrons. The second-order valence-corrected chi connectivity index (χ2v) is 2.21. The van der Waals surface area contributed by atoms with Crippen molar-refractivity contribution in [3.8, 4) is 0 Å². The van der Waals surface area contributed by atoms with Crippen molar-refractivity contribution in [1.82, 2.24) is 0 Å². The summed E-state index contributed by atoms with van der Waals surface area (Å²) < 4.78 is 0. The summed E-state index contributed by atoms with van der Waals surface area (Å²) in [6.45, 7) is 0. The summed E-state index contributed by atoms with van der Waals surface area (Å²) in [6.07, 6.45) is 0. The molecule has 0 saturated carbocycles. The molecule has 0 saturated heterocycles. The molecule has 0 aromatic heterocycles. The van der Waals surface area contributed by atoms with E-state index in [0.29, 0.717) is 0 Å². The summed E-state index contributed by atoms with van der Waals surface area (Å²) in [7, 11) is 0. The molecule has 3 N–H and O–H groups in total. The second-order valence-electron chi connectivity index (χ2n) is 1.69. The van der Waals surface area contributed by atoms with Crippen LogP contribution in [-0.4, -0.2) is 0 Å². The van der Waals surface area contributed by atoms with Gasteiger partial charge in [-0.15, -0.1) is 12.6 Å². The maximum Gasteiger partial charge on any atom is 0.0485 e. The third kappa shape index (κ3) is 1.62.